The number of fused-ring (bicyclic) bond motifs is 1. The van der Waals surface area contributed by atoms with Gasteiger partial charge in [-0.15, -0.1) is 0 Å². The van der Waals surface area contributed by atoms with Crippen LogP contribution in [0.4, 0.5) is 0 Å². The molecule has 2 rings (SSSR count). The predicted octanol–water partition coefficient (Wildman–Crippen LogP) is 1.76. The van der Waals surface area contributed by atoms with E-state index < -0.39 is 11.6 Å². The van der Waals surface area contributed by atoms with Gasteiger partial charge in [-0.2, -0.15) is 0 Å². The Morgan fingerprint density at radius 2 is 1.56 bits per heavy atom. The average molecular weight is 218 g/mol. The number of hydrogen-bond donors (Lipinski definition) is 2. The number of aromatic hydroxyl groups is 1. The van der Waals surface area contributed by atoms with Crippen LogP contribution in [-0.4, -0.2) is 21.8 Å². The Morgan fingerprint density at radius 3 is 2.19 bits per heavy atom. The van der Waals surface area contributed by atoms with Crippen molar-refractivity contribution in [2.24, 2.45) is 0 Å². The fraction of sp³-hybridized carbons (Fsp3) is 0.167. The Labute approximate surface area is 91.8 Å². The van der Waals surface area contributed by atoms with Crippen LogP contribution in [0.2, 0.25) is 0 Å². The second-order valence-electron chi connectivity index (χ2n) is 3.78. The van der Waals surface area contributed by atoms with Crippen molar-refractivity contribution in [2.75, 3.05) is 0 Å². The summed E-state index contributed by atoms with van der Waals surface area (Å²) < 4.78 is 0. The molecule has 1 aliphatic carbocycles. The minimum atomic E-state index is -0.723. The first-order chi connectivity index (χ1) is 7.45. The Balaban J connectivity index is 2.91. The van der Waals surface area contributed by atoms with E-state index in [1.165, 1.54) is 19.1 Å². The molecule has 0 bridgehead atoms. The summed E-state index contributed by atoms with van der Waals surface area (Å²) in [4.78, 5) is 23.3. The summed E-state index contributed by atoms with van der Waals surface area (Å²) in [5.74, 6) is -1.92. The number of aryl methyl sites for hydroxylation is 1. The molecule has 0 atom stereocenters. The highest BCUT2D eigenvalue weighted by Gasteiger charge is 2.33. The van der Waals surface area contributed by atoms with E-state index in [0.717, 1.165) is 0 Å². The van der Waals surface area contributed by atoms with Gasteiger partial charge in [-0.25, -0.2) is 0 Å². The summed E-state index contributed by atoms with van der Waals surface area (Å²) in [6, 6.07) is 2.92. The van der Waals surface area contributed by atoms with E-state index >= 15 is 0 Å². The molecule has 0 amide bonds. The van der Waals surface area contributed by atoms with E-state index in [0.29, 0.717) is 5.56 Å². The molecule has 0 aliphatic heterocycles. The molecule has 0 saturated carbocycles. The maximum absolute atomic E-state index is 11.7. The van der Waals surface area contributed by atoms with E-state index in [9.17, 15) is 19.8 Å². The Morgan fingerprint density at radius 1 is 0.938 bits per heavy atom. The van der Waals surface area contributed by atoms with Crippen LogP contribution in [0, 0.1) is 6.92 Å². The second kappa shape index (κ2) is 3.20. The highest BCUT2D eigenvalue weighted by Crippen LogP contribution is 2.35. The summed E-state index contributed by atoms with van der Waals surface area (Å²) in [5.41, 5.74) is 0.679. The van der Waals surface area contributed by atoms with Crippen molar-refractivity contribution in [3.8, 4) is 5.75 Å². The number of carbonyl (C=O) groups is 2. The number of benzene rings is 1. The van der Waals surface area contributed by atoms with Crippen molar-refractivity contribution >= 4 is 17.3 Å². The monoisotopic (exact) mass is 218 g/mol. The van der Waals surface area contributed by atoms with Crippen LogP contribution in [0.15, 0.2) is 17.7 Å². The highest BCUT2D eigenvalue weighted by molar-refractivity contribution is 6.52. The summed E-state index contributed by atoms with van der Waals surface area (Å²) >= 11 is 0. The minimum absolute atomic E-state index is 0.0293. The molecule has 1 aliphatic rings. The molecule has 0 aromatic heterocycles. The van der Waals surface area contributed by atoms with E-state index in [1.807, 2.05) is 0 Å². The number of rotatable bonds is 0. The quantitative estimate of drug-likeness (QED) is 0.650. The molecular weight excluding hydrogens is 208 g/mol. The summed E-state index contributed by atoms with van der Waals surface area (Å²) in [7, 11) is 0. The van der Waals surface area contributed by atoms with Gasteiger partial charge in [0.2, 0.25) is 11.6 Å². The third-order valence-electron chi connectivity index (χ3n) is 2.76. The standard InChI is InChI=1S/C12H10O4/c1-5-3-4-7(13)9-8(5)12(16)11(15)6(2)10(9)14/h3-4,13-14H,1-2H3. The summed E-state index contributed by atoms with van der Waals surface area (Å²) in [6.07, 6.45) is 0. The van der Waals surface area contributed by atoms with Gasteiger partial charge in [0.15, 0.2) is 0 Å². The zero-order valence-corrected chi connectivity index (χ0v) is 8.87. The average Bonchev–Trinajstić information content (AvgIpc) is 2.26. The molecule has 2 N–H and O–H groups in total. The van der Waals surface area contributed by atoms with Crippen LogP contribution in [0.1, 0.15) is 28.4 Å². The molecule has 1 aromatic carbocycles. The SMILES string of the molecule is CC1=C(O)c2c(O)ccc(C)c2C(=O)C1=O. The normalized spacial score (nSPS) is 15.4. The van der Waals surface area contributed by atoms with Crippen molar-refractivity contribution in [1.82, 2.24) is 0 Å². The molecule has 0 saturated heterocycles. The van der Waals surface area contributed by atoms with Gasteiger partial charge in [0.25, 0.3) is 0 Å². The molecular formula is C12H10O4. The molecule has 0 unspecified atom stereocenters. The summed E-state index contributed by atoms with van der Waals surface area (Å²) in [5, 5.41) is 19.4. The lowest BCUT2D eigenvalue weighted by molar-refractivity contribution is -0.111. The van der Waals surface area contributed by atoms with Gasteiger partial charge >= 0.3 is 0 Å². The lowest BCUT2D eigenvalue weighted by Crippen LogP contribution is -2.23. The highest BCUT2D eigenvalue weighted by atomic mass is 16.3. The van der Waals surface area contributed by atoms with Gasteiger partial charge in [0, 0.05) is 11.1 Å². The number of aliphatic hydroxyl groups excluding tert-OH is 1. The first kappa shape index (κ1) is 10.4. The fourth-order valence-corrected chi connectivity index (χ4v) is 1.81. The maximum atomic E-state index is 11.7. The Hall–Kier alpha value is -2.10. The van der Waals surface area contributed by atoms with E-state index in [-0.39, 0.29) is 28.2 Å². The van der Waals surface area contributed by atoms with Gasteiger partial charge in [-0.3, -0.25) is 9.59 Å². The Kier molecular flexibility index (Phi) is 2.08. The lowest BCUT2D eigenvalue weighted by atomic mass is 9.86. The first-order valence-electron chi connectivity index (χ1n) is 4.77. The third-order valence-corrected chi connectivity index (χ3v) is 2.76. The number of phenolic OH excluding ortho intramolecular Hbond substituents is 1. The largest absolute Gasteiger partial charge is 0.507 e. The molecule has 0 fully saturated rings. The van der Waals surface area contributed by atoms with Crippen LogP contribution >= 0.6 is 0 Å². The molecule has 16 heavy (non-hydrogen) atoms. The van der Waals surface area contributed by atoms with Crippen LogP contribution in [0.3, 0.4) is 0 Å². The molecule has 0 radical (unpaired) electrons. The van der Waals surface area contributed by atoms with E-state index in [4.69, 9.17) is 0 Å². The first-order valence-corrected chi connectivity index (χ1v) is 4.77. The van der Waals surface area contributed by atoms with Crippen molar-refractivity contribution in [3.63, 3.8) is 0 Å². The second-order valence-corrected chi connectivity index (χ2v) is 3.78. The number of allylic oxidation sites excluding steroid dienone is 1. The topological polar surface area (TPSA) is 74.6 Å². The van der Waals surface area contributed by atoms with Crippen LogP contribution in [0.25, 0.3) is 5.76 Å². The molecule has 4 heteroatoms. The van der Waals surface area contributed by atoms with Gasteiger partial charge < -0.3 is 10.2 Å². The van der Waals surface area contributed by atoms with Crippen LogP contribution in [-0.2, 0) is 4.79 Å². The number of ketones is 2. The number of carbonyl (C=O) groups excluding carboxylic acids is 2. The molecule has 0 spiro atoms. The number of phenols is 1. The van der Waals surface area contributed by atoms with Crippen molar-refractivity contribution in [1.29, 1.82) is 0 Å². The number of aliphatic hydroxyl groups is 1. The van der Waals surface area contributed by atoms with Gasteiger partial charge in [-0.1, -0.05) is 6.07 Å². The lowest BCUT2D eigenvalue weighted by Gasteiger charge is -2.18. The number of hydrogen-bond acceptors (Lipinski definition) is 4. The van der Waals surface area contributed by atoms with E-state index in [1.54, 1.807) is 6.92 Å². The van der Waals surface area contributed by atoms with Crippen molar-refractivity contribution in [3.05, 3.63) is 34.4 Å². The zero-order chi connectivity index (χ0) is 12.0. The van der Waals surface area contributed by atoms with Crippen LogP contribution in [0.5, 0.6) is 5.75 Å². The Bertz CT molecular complexity index is 552. The predicted molar refractivity (Wildman–Crippen MR) is 57.4 cm³/mol. The van der Waals surface area contributed by atoms with Crippen molar-refractivity contribution < 1.29 is 19.8 Å². The number of Topliss-reactive ketones (excluding diaryl/α,β-unsaturated/α-hetero) is 2. The van der Waals surface area contributed by atoms with E-state index in [2.05, 4.69) is 0 Å². The smallest absolute Gasteiger partial charge is 0.234 e. The fourth-order valence-electron chi connectivity index (χ4n) is 1.81. The van der Waals surface area contributed by atoms with Crippen LogP contribution < -0.4 is 0 Å². The van der Waals surface area contributed by atoms with Gasteiger partial charge in [-0.05, 0) is 25.5 Å². The maximum Gasteiger partial charge on any atom is 0.234 e. The molecule has 1 aromatic rings. The molecule has 0 heterocycles. The summed E-state index contributed by atoms with van der Waals surface area (Å²) in [6.45, 7) is 3.01. The zero-order valence-electron chi connectivity index (χ0n) is 8.87. The minimum Gasteiger partial charge on any atom is -0.507 e. The van der Waals surface area contributed by atoms with Gasteiger partial charge in [0.05, 0.1) is 5.56 Å². The van der Waals surface area contributed by atoms with Crippen molar-refractivity contribution in [2.45, 2.75) is 13.8 Å². The van der Waals surface area contributed by atoms with Gasteiger partial charge in [0.1, 0.15) is 11.5 Å². The molecule has 82 valence electrons. The molecule has 4 nitrogen and oxygen atoms in total. The third kappa shape index (κ3) is 1.16.